The van der Waals surface area contributed by atoms with Crippen molar-refractivity contribution in [1.82, 2.24) is 9.62 Å². The number of sulfonamides is 1. The lowest BCUT2D eigenvalue weighted by Gasteiger charge is -2.32. The summed E-state index contributed by atoms with van der Waals surface area (Å²) < 4.78 is 39.1. The minimum atomic E-state index is -3.69. The zero-order chi connectivity index (χ0) is 20.3. The number of nitrogens with zero attached hydrogens (tertiary/aromatic N) is 1. The number of amides is 1. The summed E-state index contributed by atoms with van der Waals surface area (Å²) >= 11 is 0. The highest BCUT2D eigenvalue weighted by Crippen LogP contribution is 2.34. The molecular formula is C21H30N2O5S. The summed E-state index contributed by atoms with van der Waals surface area (Å²) in [6.45, 7) is 1.73. The molecule has 3 aliphatic rings. The summed E-state index contributed by atoms with van der Waals surface area (Å²) in [6, 6.07) is 5.01. The van der Waals surface area contributed by atoms with E-state index >= 15 is 0 Å². The molecule has 0 aromatic heterocycles. The van der Waals surface area contributed by atoms with Crippen molar-refractivity contribution < 1.29 is 22.7 Å². The van der Waals surface area contributed by atoms with Gasteiger partial charge in [0, 0.05) is 31.6 Å². The Hall–Kier alpha value is -1.80. The second-order valence-electron chi connectivity index (χ2n) is 8.20. The van der Waals surface area contributed by atoms with Gasteiger partial charge in [-0.1, -0.05) is 19.3 Å². The maximum atomic E-state index is 13.2. The largest absolute Gasteiger partial charge is 0.490 e. The molecule has 1 aromatic rings. The predicted octanol–water partition coefficient (Wildman–Crippen LogP) is 2.70. The third kappa shape index (κ3) is 4.69. The zero-order valence-electron chi connectivity index (χ0n) is 16.8. The second kappa shape index (κ2) is 8.92. The van der Waals surface area contributed by atoms with E-state index in [1.54, 1.807) is 18.2 Å². The topological polar surface area (TPSA) is 84.9 Å². The molecule has 1 amide bonds. The summed E-state index contributed by atoms with van der Waals surface area (Å²) in [5.41, 5.74) is 0. The molecule has 0 bridgehead atoms. The zero-order valence-corrected chi connectivity index (χ0v) is 17.6. The molecule has 8 heteroatoms. The molecule has 1 atom stereocenters. The Morgan fingerprint density at radius 1 is 0.966 bits per heavy atom. The maximum absolute atomic E-state index is 13.2. The lowest BCUT2D eigenvalue weighted by Crippen LogP contribution is -2.47. The molecule has 1 saturated heterocycles. The maximum Gasteiger partial charge on any atom is 0.243 e. The van der Waals surface area contributed by atoms with Gasteiger partial charge < -0.3 is 14.8 Å². The molecule has 1 saturated carbocycles. The van der Waals surface area contributed by atoms with Crippen LogP contribution in [-0.4, -0.2) is 51.0 Å². The molecule has 2 aliphatic heterocycles. The predicted molar refractivity (Wildman–Crippen MR) is 109 cm³/mol. The van der Waals surface area contributed by atoms with E-state index < -0.39 is 10.0 Å². The smallest absolute Gasteiger partial charge is 0.243 e. The molecular weight excluding hydrogens is 392 g/mol. The molecule has 2 fully saturated rings. The second-order valence-corrected chi connectivity index (χ2v) is 10.1. The van der Waals surface area contributed by atoms with Crippen molar-refractivity contribution in [3.05, 3.63) is 18.2 Å². The van der Waals surface area contributed by atoms with Crippen LogP contribution in [0.5, 0.6) is 11.5 Å². The molecule has 7 nitrogen and oxygen atoms in total. The Morgan fingerprint density at radius 3 is 2.52 bits per heavy atom. The fraction of sp³-hybridized carbons (Fsp3) is 0.667. The molecule has 160 valence electrons. The van der Waals surface area contributed by atoms with Crippen molar-refractivity contribution in [2.24, 2.45) is 5.92 Å². The SMILES string of the molecule is O=C(NC1CCCCC1)C1CCCN(S(=O)(=O)c2ccc3c(c2)OCCCO3)C1. The van der Waals surface area contributed by atoms with Crippen molar-refractivity contribution in [3.63, 3.8) is 0 Å². The Labute approximate surface area is 172 Å². The van der Waals surface area contributed by atoms with Crippen molar-refractivity contribution in [2.45, 2.75) is 62.3 Å². The van der Waals surface area contributed by atoms with E-state index in [1.165, 1.54) is 10.7 Å². The number of hydrogen-bond donors (Lipinski definition) is 1. The fourth-order valence-corrected chi connectivity index (χ4v) is 5.93. The molecule has 1 N–H and O–H groups in total. The van der Waals surface area contributed by atoms with Crippen LogP contribution >= 0.6 is 0 Å². The Bertz CT molecular complexity index is 835. The standard InChI is InChI=1S/C21H30N2O5S/c24-21(22-17-7-2-1-3-8-17)16-6-4-11-23(15-16)29(25,26)18-9-10-19-20(14-18)28-13-5-12-27-19/h9-10,14,16-17H,1-8,11-13,15H2,(H,22,24). The van der Waals surface area contributed by atoms with Crippen LogP contribution in [0.4, 0.5) is 0 Å². The third-order valence-corrected chi connectivity index (χ3v) is 7.92. The minimum Gasteiger partial charge on any atom is -0.490 e. The van der Waals surface area contributed by atoms with Crippen LogP contribution in [-0.2, 0) is 14.8 Å². The molecule has 0 radical (unpaired) electrons. The van der Waals surface area contributed by atoms with Gasteiger partial charge in [0.15, 0.2) is 11.5 Å². The number of nitrogens with one attached hydrogen (secondary N) is 1. The quantitative estimate of drug-likeness (QED) is 0.806. The van der Waals surface area contributed by atoms with E-state index in [0.29, 0.717) is 37.7 Å². The van der Waals surface area contributed by atoms with Crippen molar-refractivity contribution >= 4 is 15.9 Å². The van der Waals surface area contributed by atoms with Gasteiger partial charge in [0.25, 0.3) is 0 Å². The molecule has 1 aliphatic carbocycles. The highest BCUT2D eigenvalue weighted by atomic mass is 32.2. The van der Waals surface area contributed by atoms with E-state index in [9.17, 15) is 13.2 Å². The van der Waals surface area contributed by atoms with Crippen LogP contribution < -0.4 is 14.8 Å². The first-order valence-corrected chi connectivity index (χ1v) is 12.2. The molecule has 29 heavy (non-hydrogen) atoms. The lowest BCUT2D eigenvalue weighted by atomic mass is 9.93. The fourth-order valence-electron chi connectivity index (χ4n) is 4.39. The number of ether oxygens (including phenoxy) is 2. The number of carbonyl (C=O) groups is 1. The molecule has 1 aromatic carbocycles. The number of piperidine rings is 1. The van der Waals surface area contributed by atoms with Gasteiger partial charge in [-0.15, -0.1) is 0 Å². The van der Waals surface area contributed by atoms with E-state index in [-0.39, 0.29) is 29.3 Å². The van der Waals surface area contributed by atoms with Gasteiger partial charge in [-0.25, -0.2) is 8.42 Å². The van der Waals surface area contributed by atoms with Gasteiger partial charge in [-0.3, -0.25) is 4.79 Å². The summed E-state index contributed by atoms with van der Waals surface area (Å²) in [5.74, 6) is 0.744. The number of fused-ring (bicyclic) bond motifs is 1. The summed E-state index contributed by atoms with van der Waals surface area (Å²) in [7, 11) is -3.69. The first-order valence-electron chi connectivity index (χ1n) is 10.7. The van der Waals surface area contributed by atoms with Gasteiger partial charge in [-0.2, -0.15) is 4.31 Å². The van der Waals surface area contributed by atoms with Crippen LogP contribution in [0, 0.1) is 5.92 Å². The Kier molecular flexibility index (Phi) is 6.29. The van der Waals surface area contributed by atoms with Gasteiger partial charge in [-0.05, 0) is 37.8 Å². The van der Waals surface area contributed by atoms with Crippen LogP contribution in [0.1, 0.15) is 51.4 Å². The van der Waals surface area contributed by atoms with Crippen LogP contribution in [0.15, 0.2) is 23.1 Å². The monoisotopic (exact) mass is 422 g/mol. The average molecular weight is 423 g/mol. The van der Waals surface area contributed by atoms with Crippen molar-refractivity contribution in [2.75, 3.05) is 26.3 Å². The first-order chi connectivity index (χ1) is 14.0. The van der Waals surface area contributed by atoms with Crippen molar-refractivity contribution in [3.8, 4) is 11.5 Å². The number of benzene rings is 1. The van der Waals surface area contributed by atoms with Crippen LogP contribution in [0.25, 0.3) is 0 Å². The van der Waals surface area contributed by atoms with E-state index in [2.05, 4.69) is 5.32 Å². The highest BCUT2D eigenvalue weighted by Gasteiger charge is 2.34. The number of carbonyl (C=O) groups excluding carboxylic acids is 1. The summed E-state index contributed by atoms with van der Waals surface area (Å²) in [4.78, 5) is 12.9. The van der Waals surface area contributed by atoms with E-state index in [0.717, 1.165) is 38.5 Å². The number of rotatable bonds is 4. The molecule has 2 heterocycles. The Morgan fingerprint density at radius 2 is 1.72 bits per heavy atom. The molecule has 0 spiro atoms. The van der Waals surface area contributed by atoms with Gasteiger partial charge in [0.05, 0.1) is 24.0 Å². The van der Waals surface area contributed by atoms with Gasteiger partial charge in [0.2, 0.25) is 15.9 Å². The van der Waals surface area contributed by atoms with Crippen LogP contribution in [0.3, 0.4) is 0 Å². The van der Waals surface area contributed by atoms with Crippen molar-refractivity contribution in [1.29, 1.82) is 0 Å². The van der Waals surface area contributed by atoms with Gasteiger partial charge >= 0.3 is 0 Å². The molecule has 4 rings (SSSR count). The van der Waals surface area contributed by atoms with E-state index in [4.69, 9.17) is 9.47 Å². The third-order valence-electron chi connectivity index (χ3n) is 6.06. The lowest BCUT2D eigenvalue weighted by molar-refractivity contribution is -0.127. The average Bonchev–Trinajstić information content (AvgIpc) is 2.99. The summed E-state index contributed by atoms with van der Waals surface area (Å²) in [5, 5.41) is 3.15. The molecule has 1 unspecified atom stereocenters. The Balaban J connectivity index is 1.45. The number of hydrogen-bond acceptors (Lipinski definition) is 5. The van der Waals surface area contributed by atoms with E-state index in [1.807, 2.05) is 0 Å². The first kappa shape index (κ1) is 20.5. The highest BCUT2D eigenvalue weighted by molar-refractivity contribution is 7.89. The minimum absolute atomic E-state index is 0.00420. The van der Waals surface area contributed by atoms with Gasteiger partial charge in [0.1, 0.15) is 0 Å². The normalized spacial score (nSPS) is 23.9. The summed E-state index contributed by atoms with van der Waals surface area (Å²) in [6.07, 6.45) is 7.77. The van der Waals surface area contributed by atoms with Crippen LogP contribution in [0.2, 0.25) is 0 Å².